The molecule has 4 atom stereocenters. The van der Waals surface area contributed by atoms with E-state index in [9.17, 15) is 14.3 Å². The molecule has 11 nitrogen and oxygen atoms in total. The molecular weight excluding hydrogens is 469 g/mol. The molecule has 13 heteroatoms. The first-order valence-corrected chi connectivity index (χ1v) is 11.6. The number of nitrogens with two attached hydrogens (primary N) is 1. The Kier molecular flexibility index (Phi) is 6.52. The number of fused-ring (bicyclic) bond motifs is 1. The highest BCUT2D eigenvalue weighted by Crippen LogP contribution is 2.51. The summed E-state index contributed by atoms with van der Waals surface area (Å²) in [5.41, 5.74) is 4.98. The summed E-state index contributed by atoms with van der Waals surface area (Å²) in [6.45, 7) is 7.18. The Bertz CT molecular complexity index is 992. The molecule has 1 fully saturated rings. The van der Waals surface area contributed by atoms with Crippen molar-refractivity contribution < 1.29 is 23.5 Å². The quantitative estimate of drug-likeness (QED) is 0.388. The number of nitrogens with one attached hydrogen (secondary N) is 1. The van der Waals surface area contributed by atoms with E-state index in [1.165, 1.54) is 0 Å². The molecule has 0 spiro atoms. The third kappa shape index (κ3) is 4.73. The van der Waals surface area contributed by atoms with Crippen LogP contribution < -0.4 is 11.3 Å². The van der Waals surface area contributed by atoms with E-state index in [2.05, 4.69) is 30.9 Å². The van der Waals surface area contributed by atoms with Crippen LogP contribution in [0.25, 0.3) is 11.2 Å². The van der Waals surface area contributed by atoms with Gasteiger partial charge in [0.15, 0.2) is 15.9 Å². The Morgan fingerprint density at radius 3 is 2.72 bits per heavy atom. The van der Waals surface area contributed by atoms with E-state index in [1.54, 1.807) is 18.4 Å². The van der Waals surface area contributed by atoms with Crippen molar-refractivity contribution in [3.8, 4) is 0 Å². The van der Waals surface area contributed by atoms with Crippen molar-refractivity contribution in [2.75, 3.05) is 12.3 Å². The second-order valence-electron chi connectivity index (χ2n) is 7.42. The molecule has 2 aromatic rings. The van der Waals surface area contributed by atoms with E-state index in [-0.39, 0.29) is 36.2 Å². The molecule has 4 N–H and O–H groups in total. The van der Waals surface area contributed by atoms with E-state index in [1.807, 2.05) is 13.8 Å². The summed E-state index contributed by atoms with van der Waals surface area (Å²) in [7, 11) is -3.84. The number of ether oxygens (including phenoxy) is 2. The number of anilines is 1. The van der Waals surface area contributed by atoms with Crippen LogP contribution in [-0.2, 0) is 18.6 Å². The maximum absolute atomic E-state index is 12.4. The molecule has 0 bridgehead atoms. The lowest BCUT2D eigenvalue weighted by Gasteiger charge is -2.24. The van der Waals surface area contributed by atoms with E-state index in [4.69, 9.17) is 19.7 Å². The maximum atomic E-state index is 12.4. The average Bonchev–Trinajstić information content (AvgIpc) is 3.12. The minimum atomic E-state index is -3.84. The Hall–Kier alpha value is -1.30. The number of aromatic amines is 1. The number of aromatic nitrogens is 4. The Morgan fingerprint density at radius 2 is 2.10 bits per heavy atom. The topological polar surface area (TPSA) is 155 Å². The third-order valence-corrected chi connectivity index (χ3v) is 6.96. The first kappa shape index (κ1) is 22.4. The number of nitrogen functional groups attached to an aromatic ring is 1. The van der Waals surface area contributed by atoms with Crippen molar-refractivity contribution in [1.29, 1.82) is 0 Å². The third-order valence-electron chi connectivity index (χ3n) is 4.53. The Balaban J connectivity index is 1.95. The summed E-state index contributed by atoms with van der Waals surface area (Å²) < 4.78 is 31.7. The van der Waals surface area contributed by atoms with E-state index >= 15 is 0 Å². The molecule has 0 amide bonds. The molecule has 1 aliphatic heterocycles. The van der Waals surface area contributed by atoms with Crippen LogP contribution in [0.4, 0.5) is 5.95 Å². The number of halogens is 1. The van der Waals surface area contributed by atoms with Crippen LogP contribution in [0.5, 0.6) is 0 Å². The van der Waals surface area contributed by atoms with Gasteiger partial charge in [0, 0.05) is 6.42 Å². The van der Waals surface area contributed by atoms with Crippen LogP contribution >= 0.6 is 23.5 Å². The van der Waals surface area contributed by atoms with Gasteiger partial charge in [0.1, 0.15) is 12.3 Å². The van der Waals surface area contributed by atoms with Gasteiger partial charge in [-0.1, -0.05) is 13.8 Å². The lowest BCUT2D eigenvalue weighted by atomic mass is 10.2. The highest BCUT2D eigenvalue weighted by Gasteiger charge is 2.43. The van der Waals surface area contributed by atoms with Crippen molar-refractivity contribution >= 4 is 40.6 Å². The zero-order chi connectivity index (χ0) is 21.5. The number of H-pyrrole nitrogens is 1. The molecule has 0 saturated carbocycles. The molecule has 0 aromatic carbocycles. The summed E-state index contributed by atoms with van der Waals surface area (Å²) >= 11 is 3.33. The van der Waals surface area contributed by atoms with Crippen molar-refractivity contribution in [1.82, 2.24) is 19.5 Å². The molecule has 2 aromatic heterocycles. The van der Waals surface area contributed by atoms with Crippen LogP contribution in [0.15, 0.2) is 9.53 Å². The molecule has 162 valence electrons. The van der Waals surface area contributed by atoms with Crippen LogP contribution in [0.2, 0.25) is 0 Å². The van der Waals surface area contributed by atoms with Gasteiger partial charge in [0.2, 0.25) is 5.95 Å². The predicted octanol–water partition coefficient (Wildman–Crippen LogP) is 2.16. The standard InChI is InChI=1S/C16H25BrN5O6P/c1-7(2)26-6-10-9(28-29(24,25)8(3)4)5-11(27-10)22-13-12(19-15(22)17)14(23)21-16(18)20-13/h7-11H,5-6H2,1-4H3,(H,24,25)(H3,18,20,21,23)/t9-,10-,11-/m1/s1. The largest absolute Gasteiger partial charge is 0.376 e. The zero-order valence-electron chi connectivity index (χ0n) is 16.5. The van der Waals surface area contributed by atoms with Gasteiger partial charge in [0.25, 0.3) is 5.56 Å². The van der Waals surface area contributed by atoms with Crippen LogP contribution in [0.1, 0.15) is 40.3 Å². The molecule has 1 aliphatic rings. The summed E-state index contributed by atoms with van der Waals surface area (Å²) in [6.07, 6.45) is -1.75. The normalized spacial score (nSPS) is 24.6. The Morgan fingerprint density at radius 1 is 1.41 bits per heavy atom. The summed E-state index contributed by atoms with van der Waals surface area (Å²) in [5.74, 6) is -0.0543. The lowest BCUT2D eigenvalue weighted by molar-refractivity contribution is -0.0709. The van der Waals surface area contributed by atoms with Gasteiger partial charge < -0.3 is 24.6 Å². The zero-order valence-corrected chi connectivity index (χ0v) is 19.0. The number of hydrogen-bond donors (Lipinski definition) is 3. The fourth-order valence-electron chi connectivity index (χ4n) is 2.95. The second-order valence-corrected chi connectivity index (χ2v) is 10.5. The number of hydrogen-bond acceptors (Lipinski definition) is 8. The SMILES string of the molecule is CC(C)OC[C@H]1O[C@@H](n2c(Br)nc3c(=O)[nH]c(N)nc32)C[C@H]1OP(=O)(O)C(C)C. The average molecular weight is 494 g/mol. The highest BCUT2D eigenvalue weighted by atomic mass is 79.9. The van der Waals surface area contributed by atoms with E-state index in [0.29, 0.717) is 4.73 Å². The number of imidazole rings is 1. The smallest absolute Gasteiger partial charge is 0.330 e. The Labute approximate surface area is 175 Å². The van der Waals surface area contributed by atoms with Crippen molar-refractivity contribution in [3.05, 3.63) is 15.1 Å². The van der Waals surface area contributed by atoms with Gasteiger partial charge in [-0.3, -0.25) is 18.9 Å². The molecule has 3 heterocycles. The van der Waals surface area contributed by atoms with Gasteiger partial charge >= 0.3 is 7.60 Å². The highest BCUT2D eigenvalue weighted by molar-refractivity contribution is 9.10. The molecule has 0 aliphatic carbocycles. The van der Waals surface area contributed by atoms with Crippen molar-refractivity contribution in [2.24, 2.45) is 0 Å². The number of nitrogens with zero attached hydrogens (tertiary/aromatic N) is 3. The van der Waals surface area contributed by atoms with Gasteiger partial charge in [-0.2, -0.15) is 4.98 Å². The second kappa shape index (κ2) is 8.44. The molecule has 29 heavy (non-hydrogen) atoms. The number of rotatable bonds is 7. The van der Waals surface area contributed by atoms with Gasteiger partial charge in [-0.15, -0.1) is 0 Å². The van der Waals surface area contributed by atoms with Crippen LogP contribution in [0, 0.1) is 0 Å². The predicted molar refractivity (Wildman–Crippen MR) is 110 cm³/mol. The molecular formula is C16H25BrN5O6P. The van der Waals surface area contributed by atoms with Gasteiger partial charge in [0.05, 0.1) is 24.5 Å². The van der Waals surface area contributed by atoms with Gasteiger partial charge in [-0.05, 0) is 29.8 Å². The molecule has 1 unspecified atom stereocenters. The molecule has 0 radical (unpaired) electrons. The fraction of sp³-hybridized carbons (Fsp3) is 0.688. The van der Waals surface area contributed by atoms with E-state index in [0.717, 1.165) is 0 Å². The van der Waals surface area contributed by atoms with Crippen LogP contribution in [-0.4, -0.2) is 55.0 Å². The van der Waals surface area contributed by atoms with Crippen molar-refractivity contribution in [3.63, 3.8) is 0 Å². The summed E-state index contributed by atoms with van der Waals surface area (Å²) in [5, 5.41) is 0. The van der Waals surface area contributed by atoms with Gasteiger partial charge in [-0.25, -0.2) is 4.98 Å². The fourth-order valence-corrected chi connectivity index (χ4v) is 4.38. The minimum absolute atomic E-state index is 0.0508. The van der Waals surface area contributed by atoms with Crippen LogP contribution in [0.3, 0.4) is 0 Å². The summed E-state index contributed by atoms with van der Waals surface area (Å²) in [6, 6.07) is 0. The van der Waals surface area contributed by atoms with E-state index < -0.39 is 37.2 Å². The van der Waals surface area contributed by atoms with Crippen molar-refractivity contribution in [2.45, 2.75) is 64.3 Å². The molecule has 1 saturated heterocycles. The first-order valence-electron chi connectivity index (χ1n) is 9.20. The minimum Gasteiger partial charge on any atom is -0.376 e. The monoisotopic (exact) mass is 493 g/mol. The molecule has 3 rings (SSSR count). The summed E-state index contributed by atoms with van der Waals surface area (Å²) in [4.78, 5) is 33.1. The first-order chi connectivity index (χ1) is 13.5. The lowest BCUT2D eigenvalue weighted by Crippen LogP contribution is -2.30. The maximum Gasteiger partial charge on any atom is 0.330 e.